The molecule has 0 radical (unpaired) electrons. The third kappa shape index (κ3) is 2.29. The Bertz CT molecular complexity index is 682. The largest absolute Gasteiger partial charge is 0.462 e. The molecular weight excluding hydrogens is 296 g/mol. The maximum Gasteiger partial charge on any atom is 0.310 e. The average molecular weight is 314 g/mol. The molecule has 2 N–H and O–H groups in total. The maximum absolute atomic E-state index is 12.6. The lowest BCUT2D eigenvalue weighted by Crippen LogP contribution is -2.35. The SMILES string of the molecule is CC(=O)Nc1ccc(NC(=O)[C@@H]2[C@@H]3C[C@@H]4[C@H]2C(=O)O[C@H]4C3)cc1. The molecule has 2 amide bonds. The molecule has 2 saturated carbocycles. The van der Waals surface area contributed by atoms with Crippen LogP contribution in [0.15, 0.2) is 24.3 Å². The summed E-state index contributed by atoms with van der Waals surface area (Å²) in [6.07, 6.45) is 1.77. The van der Waals surface area contributed by atoms with Gasteiger partial charge in [-0.1, -0.05) is 0 Å². The van der Waals surface area contributed by atoms with Crippen LogP contribution in [0.25, 0.3) is 0 Å². The van der Waals surface area contributed by atoms with Crippen LogP contribution >= 0.6 is 0 Å². The highest BCUT2D eigenvalue weighted by Gasteiger charge is 2.63. The molecule has 1 saturated heterocycles. The molecule has 1 aliphatic heterocycles. The van der Waals surface area contributed by atoms with E-state index in [1.54, 1.807) is 24.3 Å². The Balaban J connectivity index is 1.46. The molecule has 2 bridgehead atoms. The van der Waals surface area contributed by atoms with Gasteiger partial charge in [0.05, 0.1) is 11.8 Å². The van der Waals surface area contributed by atoms with Crippen LogP contribution in [0.2, 0.25) is 0 Å². The predicted molar refractivity (Wildman–Crippen MR) is 82.4 cm³/mol. The number of amides is 2. The third-order valence-electron chi connectivity index (χ3n) is 5.26. The molecule has 120 valence electrons. The molecule has 1 aromatic carbocycles. The molecule has 3 aliphatic rings. The molecule has 6 nitrogen and oxygen atoms in total. The monoisotopic (exact) mass is 314 g/mol. The van der Waals surface area contributed by atoms with E-state index in [1.165, 1.54) is 6.92 Å². The number of benzene rings is 1. The lowest BCUT2D eigenvalue weighted by Gasteiger charge is -2.23. The Morgan fingerprint density at radius 2 is 1.74 bits per heavy atom. The van der Waals surface area contributed by atoms with Crippen LogP contribution in [0.1, 0.15) is 19.8 Å². The number of carbonyl (C=O) groups excluding carboxylic acids is 3. The number of nitrogens with one attached hydrogen (secondary N) is 2. The van der Waals surface area contributed by atoms with Gasteiger partial charge in [0.1, 0.15) is 6.10 Å². The van der Waals surface area contributed by atoms with Gasteiger partial charge in [-0.15, -0.1) is 0 Å². The summed E-state index contributed by atoms with van der Waals surface area (Å²) >= 11 is 0. The molecule has 0 aromatic heterocycles. The van der Waals surface area contributed by atoms with E-state index in [2.05, 4.69) is 10.6 Å². The highest BCUT2D eigenvalue weighted by atomic mass is 16.6. The second kappa shape index (κ2) is 5.08. The fourth-order valence-electron chi connectivity index (χ4n) is 4.43. The standard InChI is InChI=1S/C17H18N2O4/c1-8(20)18-10-2-4-11(5-3-10)19-16(21)14-9-6-12-13(7-9)23-17(22)15(12)14/h2-5,9,12-15H,6-7H2,1H3,(H,18,20)(H,19,21)/t9-,12+,13+,14-,15-/m1/s1. The number of rotatable bonds is 3. The highest BCUT2D eigenvalue weighted by Crippen LogP contribution is 2.57. The van der Waals surface area contributed by atoms with Gasteiger partial charge in [0, 0.05) is 24.2 Å². The van der Waals surface area contributed by atoms with Gasteiger partial charge in [0.2, 0.25) is 11.8 Å². The van der Waals surface area contributed by atoms with Crippen molar-refractivity contribution in [1.29, 1.82) is 0 Å². The first-order chi connectivity index (χ1) is 11.0. The fraction of sp³-hybridized carbons (Fsp3) is 0.471. The fourth-order valence-corrected chi connectivity index (χ4v) is 4.43. The third-order valence-corrected chi connectivity index (χ3v) is 5.26. The predicted octanol–water partition coefficient (Wildman–Crippen LogP) is 1.78. The smallest absolute Gasteiger partial charge is 0.310 e. The van der Waals surface area contributed by atoms with Crippen LogP contribution in [0.4, 0.5) is 11.4 Å². The Hall–Kier alpha value is -2.37. The van der Waals surface area contributed by atoms with Crippen molar-refractivity contribution in [3.05, 3.63) is 24.3 Å². The summed E-state index contributed by atoms with van der Waals surface area (Å²) in [6, 6.07) is 6.95. The van der Waals surface area contributed by atoms with Crippen molar-refractivity contribution in [3.8, 4) is 0 Å². The zero-order chi connectivity index (χ0) is 16.1. The van der Waals surface area contributed by atoms with Gasteiger partial charge in [0.15, 0.2) is 0 Å². The van der Waals surface area contributed by atoms with E-state index in [1.807, 2.05) is 0 Å². The Morgan fingerprint density at radius 3 is 2.39 bits per heavy atom. The van der Waals surface area contributed by atoms with Crippen LogP contribution in [0.5, 0.6) is 0 Å². The Labute approximate surface area is 133 Å². The van der Waals surface area contributed by atoms with E-state index in [-0.39, 0.29) is 47.6 Å². The van der Waals surface area contributed by atoms with E-state index in [0.717, 1.165) is 12.8 Å². The number of ether oxygens (including phenoxy) is 1. The number of anilines is 2. The molecule has 5 atom stereocenters. The summed E-state index contributed by atoms with van der Waals surface area (Å²) in [6.45, 7) is 1.44. The summed E-state index contributed by atoms with van der Waals surface area (Å²) in [5, 5.41) is 5.57. The summed E-state index contributed by atoms with van der Waals surface area (Å²) < 4.78 is 5.36. The first-order valence-electron chi connectivity index (χ1n) is 7.92. The van der Waals surface area contributed by atoms with Crippen LogP contribution in [-0.2, 0) is 19.1 Å². The van der Waals surface area contributed by atoms with E-state index < -0.39 is 0 Å². The molecule has 6 heteroatoms. The average Bonchev–Trinajstić information content (AvgIpc) is 3.10. The van der Waals surface area contributed by atoms with Gasteiger partial charge in [-0.3, -0.25) is 14.4 Å². The van der Waals surface area contributed by atoms with Crippen molar-refractivity contribution in [2.75, 3.05) is 10.6 Å². The van der Waals surface area contributed by atoms with E-state index in [0.29, 0.717) is 11.4 Å². The topological polar surface area (TPSA) is 84.5 Å². The van der Waals surface area contributed by atoms with Crippen LogP contribution in [-0.4, -0.2) is 23.9 Å². The van der Waals surface area contributed by atoms with E-state index in [4.69, 9.17) is 4.74 Å². The molecule has 2 aliphatic carbocycles. The second-order valence-corrected chi connectivity index (χ2v) is 6.67. The summed E-state index contributed by atoms with van der Waals surface area (Å²) in [4.78, 5) is 35.6. The molecule has 0 unspecified atom stereocenters. The quantitative estimate of drug-likeness (QED) is 0.833. The minimum atomic E-state index is -0.277. The summed E-state index contributed by atoms with van der Waals surface area (Å²) in [7, 11) is 0. The molecule has 3 fully saturated rings. The number of hydrogen-bond donors (Lipinski definition) is 2. The Kier molecular flexibility index (Phi) is 3.14. The van der Waals surface area contributed by atoms with E-state index >= 15 is 0 Å². The van der Waals surface area contributed by atoms with Gasteiger partial charge in [-0.2, -0.15) is 0 Å². The van der Waals surface area contributed by atoms with E-state index in [9.17, 15) is 14.4 Å². The van der Waals surface area contributed by atoms with Gasteiger partial charge >= 0.3 is 5.97 Å². The number of esters is 1. The summed E-state index contributed by atoms with van der Waals surface area (Å²) in [5.74, 6) is -0.518. The first-order valence-corrected chi connectivity index (χ1v) is 7.92. The van der Waals surface area contributed by atoms with Gasteiger partial charge in [-0.25, -0.2) is 0 Å². The minimum absolute atomic E-state index is 0.0403. The maximum atomic E-state index is 12.6. The van der Waals surface area contributed by atoms with Crippen LogP contribution in [0.3, 0.4) is 0 Å². The molecule has 1 heterocycles. The van der Waals surface area contributed by atoms with Crippen LogP contribution < -0.4 is 10.6 Å². The van der Waals surface area contributed by atoms with Crippen molar-refractivity contribution in [2.45, 2.75) is 25.9 Å². The molecule has 1 aromatic rings. The minimum Gasteiger partial charge on any atom is -0.462 e. The number of hydrogen-bond acceptors (Lipinski definition) is 4. The van der Waals surface area contributed by atoms with Gasteiger partial charge in [0.25, 0.3) is 0 Å². The lowest BCUT2D eigenvalue weighted by atomic mass is 9.79. The Morgan fingerprint density at radius 1 is 1.09 bits per heavy atom. The van der Waals surface area contributed by atoms with Crippen molar-refractivity contribution >= 4 is 29.2 Å². The lowest BCUT2D eigenvalue weighted by molar-refractivity contribution is -0.145. The molecular formula is C17H18N2O4. The number of fused-ring (bicyclic) bond motifs is 1. The van der Waals surface area contributed by atoms with Crippen molar-refractivity contribution < 1.29 is 19.1 Å². The normalized spacial score (nSPS) is 33.4. The zero-order valence-corrected chi connectivity index (χ0v) is 12.7. The summed E-state index contributed by atoms with van der Waals surface area (Å²) in [5.41, 5.74) is 1.34. The number of carbonyl (C=O) groups is 3. The van der Waals surface area contributed by atoms with Gasteiger partial charge < -0.3 is 15.4 Å². The molecule has 0 spiro atoms. The first kappa shape index (κ1) is 14.2. The van der Waals surface area contributed by atoms with Crippen molar-refractivity contribution in [3.63, 3.8) is 0 Å². The van der Waals surface area contributed by atoms with Crippen molar-refractivity contribution in [2.24, 2.45) is 23.7 Å². The van der Waals surface area contributed by atoms with Gasteiger partial charge in [-0.05, 0) is 43.0 Å². The second-order valence-electron chi connectivity index (χ2n) is 6.67. The van der Waals surface area contributed by atoms with Crippen molar-refractivity contribution in [1.82, 2.24) is 0 Å². The molecule has 4 rings (SSSR count). The highest BCUT2D eigenvalue weighted by molar-refractivity contribution is 5.97. The molecule has 23 heavy (non-hydrogen) atoms. The van der Waals surface area contributed by atoms with Crippen LogP contribution in [0, 0.1) is 23.7 Å². The zero-order valence-electron chi connectivity index (χ0n) is 12.7.